The fourth-order valence-electron chi connectivity index (χ4n) is 3.50. The number of methoxy groups -OCH3 is 2. The standard InChI is InChI=1S/C25H19BrN2O9S/c1-34-20-10-15(9-18(26)22(20)36-13-14-4-3-5-16(8-14)28(32)33)11-21-23(29)27(25(31)38-21)12-17-6-7-19(37-17)24(30)35-2/h3-11H,12-13H2,1-2H3/b21-11+. The number of thioether (sulfide) groups is 1. The SMILES string of the molecule is COC(=O)c1ccc(CN2C(=O)S/C(=C/c3cc(Br)c(OCc4cccc([N+](=O)[O-])c4)c(OC)c3)C2=O)o1. The maximum Gasteiger partial charge on any atom is 0.373 e. The van der Waals surface area contributed by atoms with Crippen molar-refractivity contribution in [3.05, 3.63) is 90.7 Å². The fraction of sp³-hybridized carbons (Fsp3) is 0.160. The van der Waals surface area contributed by atoms with Gasteiger partial charge in [-0.15, -0.1) is 0 Å². The number of imide groups is 1. The normalized spacial score (nSPS) is 14.2. The third-order valence-corrected chi connectivity index (χ3v) is 6.79. The first-order valence-corrected chi connectivity index (χ1v) is 12.5. The maximum absolute atomic E-state index is 12.9. The number of amides is 2. The van der Waals surface area contributed by atoms with Crippen molar-refractivity contribution in [1.82, 2.24) is 4.90 Å². The molecule has 4 rings (SSSR count). The van der Waals surface area contributed by atoms with Crippen LogP contribution < -0.4 is 9.47 Å². The molecule has 1 aliphatic rings. The summed E-state index contributed by atoms with van der Waals surface area (Å²) in [7, 11) is 2.67. The average molecular weight is 603 g/mol. The highest BCUT2D eigenvalue weighted by Crippen LogP contribution is 2.40. The molecule has 1 aliphatic heterocycles. The molecule has 11 nitrogen and oxygen atoms in total. The molecule has 0 spiro atoms. The molecule has 1 aromatic heterocycles. The molecule has 0 saturated carbocycles. The first-order chi connectivity index (χ1) is 18.2. The van der Waals surface area contributed by atoms with Crippen molar-refractivity contribution in [3.8, 4) is 11.5 Å². The van der Waals surface area contributed by atoms with Gasteiger partial charge in [0.1, 0.15) is 12.4 Å². The summed E-state index contributed by atoms with van der Waals surface area (Å²) in [6.07, 6.45) is 1.55. The van der Waals surface area contributed by atoms with E-state index in [1.807, 2.05) is 0 Å². The van der Waals surface area contributed by atoms with E-state index in [-0.39, 0.29) is 35.3 Å². The lowest BCUT2D eigenvalue weighted by atomic mass is 10.1. The van der Waals surface area contributed by atoms with Crippen LogP contribution >= 0.6 is 27.7 Å². The van der Waals surface area contributed by atoms with Crippen LogP contribution in [-0.4, -0.2) is 41.2 Å². The Hall–Kier alpha value is -4.10. The summed E-state index contributed by atoms with van der Waals surface area (Å²) in [6, 6.07) is 12.3. The quantitative estimate of drug-likeness (QED) is 0.132. The van der Waals surface area contributed by atoms with Gasteiger partial charge in [-0.3, -0.25) is 24.6 Å². The Bertz CT molecular complexity index is 1470. The van der Waals surface area contributed by atoms with E-state index in [9.17, 15) is 24.5 Å². The summed E-state index contributed by atoms with van der Waals surface area (Å²) in [6.45, 7) is -0.0875. The molecule has 2 aromatic carbocycles. The minimum absolute atomic E-state index is 0.0326. The number of nitrogens with zero attached hydrogens (tertiary/aromatic N) is 2. The van der Waals surface area contributed by atoms with E-state index in [0.717, 1.165) is 16.7 Å². The van der Waals surface area contributed by atoms with Crippen molar-refractivity contribution >= 4 is 56.6 Å². The number of rotatable bonds is 9. The molecule has 196 valence electrons. The smallest absolute Gasteiger partial charge is 0.373 e. The Labute approximate surface area is 228 Å². The molecular formula is C25H19BrN2O9S. The number of hydrogen-bond acceptors (Lipinski definition) is 10. The third-order valence-electron chi connectivity index (χ3n) is 5.29. The second-order valence-corrected chi connectivity index (χ2v) is 9.62. The molecule has 13 heteroatoms. The average Bonchev–Trinajstić information content (AvgIpc) is 3.47. The highest BCUT2D eigenvalue weighted by molar-refractivity contribution is 9.10. The molecule has 0 unspecified atom stereocenters. The van der Waals surface area contributed by atoms with Gasteiger partial charge in [0.05, 0.1) is 35.1 Å². The molecule has 1 saturated heterocycles. The van der Waals surface area contributed by atoms with E-state index >= 15 is 0 Å². The number of ether oxygens (including phenoxy) is 3. The summed E-state index contributed by atoms with van der Waals surface area (Å²) in [5.41, 5.74) is 1.12. The number of benzene rings is 2. The highest BCUT2D eigenvalue weighted by Gasteiger charge is 2.36. The lowest BCUT2D eigenvalue weighted by molar-refractivity contribution is -0.384. The van der Waals surface area contributed by atoms with Gasteiger partial charge in [0.2, 0.25) is 5.76 Å². The van der Waals surface area contributed by atoms with Crippen LogP contribution in [0.15, 0.2) is 62.3 Å². The summed E-state index contributed by atoms with van der Waals surface area (Å²) in [5.74, 6) is -0.248. The van der Waals surface area contributed by atoms with Crippen LogP contribution in [0.3, 0.4) is 0 Å². The molecule has 2 amide bonds. The van der Waals surface area contributed by atoms with E-state index in [1.165, 1.54) is 38.5 Å². The second kappa shape index (κ2) is 11.5. The van der Waals surface area contributed by atoms with Gasteiger partial charge in [0.25, 0.3) is 16.8 Å². The lowest BCUT2D eigenvalue weighted by Gasteiger charge is -2.14. The van der Waals surface area contributed by atoms with Crippen LogP contribution in [0.1, 0.15) is 27.4 Å². The lowest BCUT2D eigenvalue weighted by Crippen LogP contribution is -2.27. The van der Waals surface area contributed by atoms with Crippen molar-refractivity contribution < 1.29 is 37.9 Å². The number of nitro benzene ring substituents is 1. The number of non-ortho nitro benzene ring substituents is 1. The fourth-order valence-corrected chi connectivity index (χ4v) is 4.91. The topological polar surface area (TPSA) is 138 Å². The molecule has 0 aliphatic carbocycles. The highest BCUT2D eigenvalue weighted by atomic mass is 79.9. The Morgan fingerprint density at radius 3 is 2.68 bits per heavy atom. The van der Waals surface area contributed by atoms with Gasteiger partial charge < -0.3 is 18.6 Å². The molecule has 0 N–H and O–H groups in total. The largest absolute Gasteiger partial charge is 0.493 e. The van der Waals surface area contributed by atoms with Gasteiger partial charge in [-0.25, -0.2) is 4.79 Å². The number of nitro groups is 1. The van der Waals surface area contributed by atoms with Crippen LogP contribution in [0.25, 0.3) is 6.08 Å². The van der Waals surface area contributed by atoms with Gasteiger partial charge in [-0.05, 0) is 69.2 Å². The maximum atomic E-state index is 12.9. The van der Waals surface area contributed by atoms with Gasteiger partial charge in [0, 0.05) is 12.1 Å². The molecule has 0 atom stereocenters. The third kappa shape index (κ3) is 5.89. The number of carbonyl (C=O) groups excluding carboxylic acids is 3. The monoisotopic (exact) mass is 602 g/mol. The predicted molar refractivity (Wildman–Crippen MR) is 140 cm³/mol. The molecule has 2 heterocycles. The predicted octanol–water partition coefficient (Wildman–Crippen LogP) is 5.56. The minimum atomic E-state index is -0.665. The van der Waals surface area contributed by atoms with Crippen LogP contribution in [0.4, 0.5) is 10.5 Å². The molecule has 3 aromatic rings. The zero-order valence-corrected chi connectivity index (χ0v) is 22.4. The molecular weight excluding hydrogens is 584 g/mol. The van der Waals surface area contributed by atoms with E-state index in [2.05, 4.69) is 20.7 Å². The van der Waals surface area contributed by atoms with Crippen molar-refractivity contribution in [2.45, 2.75) is 13.2 Å². The molecule has 0 bridgehead atoms. The van der Waals surface area contributed by atoms with Crippen LogP contribution in [0, 0.1) is 10.1 Å². The Kier molecular flexibility index (Phi) is 8.17. The summed E-state index contributed by atoms with van der Waals surface area (Å²) in [4.78, 5) is 48.8. The molecule has 38 heavy (non-hydrogen) atoms. The zero-order valence-electron chi connectivity index (χ0n) is 20.0. The summed E-state index contributed by atoms with van der Waals surface area (Å²) in [5, 5.41) is 10.5. The Morgan fingerprint density at radius 1 is 1.18 bits per heavy atom. The first kappa shape index (κ1) is 26.9. The van der Waals surface area contributed by atoms with Gasteiger partial charge in [-0.2, -0.15) is 0 Å². The van der Waals surface area contributed by atoms with Crippen molar-refractivity contribution in [1.29, 1.82) is 0 Å². The van der Waals surface area contributed by atoms with E-state index in [0.29, 0.717) is 27.1 Å². The van der Waals surface area contributed by atoms with Crippen LogP contribution in [0.5, 0.6) is 11.5 Å². The van der Waals surface area contributed by atoms with Gasteiger partial charge >= 0.3 is 5.97 Å². The van der Waals surface area contributed by atoms with Crippen LogP contribution in [-0.2, 0) is 22.7 Å². The number of halogens is 1. The van der Waals surface area contributed by atoms with E-state index < -0.39 is 22.0 Å². The van der Waals surface area contributed by atoms with E-state index in [1.54, 1.807) is 30.3 Å². The Morgan fingerprint density at radius 2 is 1.97 bits per heavy atom. The number of furan rings is 1. The van der Waals surface area contributed by atoms with Gasteiger partial charge in [-0.1, -0.05) is 12.1 Å². The summed E-state index contributed by atoms with van der Waals surface area (Å²) < 4.78 is 21.8. The first-order valence-electron chi connectivity index (χ1n) is 10.9. The number of carbonyl (C=O) groups is 3. The molecule has 0 radical (unpaired) electrons. The van der Waals surface area contributed by atoms with Crippen LogP contribution in [0.2, 0.25) is 0 Å². The number of esters is 1. The summed E-state index contributed by atoms with van der Waals surface area (Å²) >= 11 is 4.21. The second-order valence-electron chi connectivity index (χ2n) is 7.78. The zero-order chi connectivity index (χ0) is 27.4. The van der Waals surface area contributed by atoms with E-state index in [4.69, 9.17) is 13.9 Å². The van der Waals surface area contributed by atoms with Crippen molar-refractivity contribution in [2.24, 2.45) is 0 Å². The van der Waals surface area contributed by atoms with Crippen molar-refractivity contribution in [3.63, 3.8) is 0 Å². The number of hydrogen-bond donors (Lipinski definition) is 0. The molecule has 1 fully saturated rings. The van der Waals surface area contributed by atoms with Crippen molar-refractivity contribution in [2.75, 3.05) is 14.2 Å². The Balaban J connectivity index is 1.50. The minimum Gasteiger partial charge on any atom is -0.493 e. The van der Waals surface area contributed by atoms with Gasteiger partial charge in [0.15, 0.2) is 11.5 Å².